The molecule has 0 bridgehead atoms. The SMILES string of the molecule is Cc1cccc(C(C)Nc2nc(NC3CC3)n3ncc(/C=C4\CC(=O)NC4=O)c3n2)n1. The Morgan fingerprint density at radius 1 is 1.23 bits per heavy atom. The van der Waals surface area contributed by atoms with Gasteiger partial charge in [0.2, 0.25) is 17.8 Å². The number of anilines is 2. The van der Waals surface area contributed by atoms with Crippen molar-refractivity contribution >= 4 is 35.4 Å². The number of rotatable bonds is 6. The van der Waals surface area contributed by atoms with E-state index in [2.05, 4.69) is 36.0 Å². The number of fused-ring (bicyclic) bond motifs is 1. The first-order chi connectivity index (χ1) is 15.0. The second kappa shape index (κ2) is 7.46. The zero-order valence-corrected chi connectivity index (χ0v) is 17.2. The molecule has 1 aliphatic heterocycles. The van der Waals surface area contributed by atoms with E-state index in [0.29, 0.717) is 34.7 Å². The summed E-state index contributed by atoms with van der Waals surface area (Å²) in [6.45, 7) is 3.95. The zero-order chi connectivity index (χ0) is 21.5. The van der Waals surface area contributed by atoms with Gasteiger partial charge in [-0.15, -0.1) is 0 Å². The number of hydrogen-bond acceptors (Lipinski definition) is 8. The molecule has 158 valence electrons. The lowest BCUT2D eigenvalue weighted by molar-refractivity contribution is -0.124. The van der Waals surface area contributed by atoms with E-state index in [1.807, 2.05) is 32.0 Å². The molecule has 1 atom stereocenters. The van der Waals surface area contributed by atoms with Gasteiger partial charge in [0, 0.05) is 22.9 Å². The summed E-state index contributed by atoms with van der Waals surface area (Å²) in [6, 6.07) is 6.13. The highest BCUT2D eigenvalue weighted by atomic mass is 16.2. The second-order valence-corrected chi connectivity index (χ2v) is 7.92. The van der Waals surface area contributed by atoms with E-state index in [1.54, 1.807) is 16.8 Å². The van der Waals surface area contributed by atoms with Gasteiger partial charge in [-0.25, -0.2) is 0 Å². The van der Waals surface area contributed by atoms with Crippen molar-refractivity contribution in [1.82, 2.24) is 29.9 Å². The monoisotopic (exact) mass is 418 g/mol. The fraction of sp³-hybridized carbons (Fsp3) is 0.333. The maximum absolute atomic E-state index is 12.0. The quantitative estimate of drug-likeness (QED) is 0.410. The van der Waals surface area contributed by atoms with Crippen molar-refractivity contribution in [2.24, 2.45) is 0 Å². The van der Waals surface area contributed by atoms with Crippen LogP contribution >= 0.6 is 0 Å². The number of aryl methyl sites for hydroxylation is 1. The van der Waals surface area contributed by atoms with E-state index in [4.69, 9.17) is 0 Å². The van der Waals surface area contributed by atoms with Crippen LogP contribution in [0.1, 0.15) is 49.2 Å². The van der Waals surface area contributed by atoms with Crippen LogP contribution < -0.4 is 16.0 Å². The molecule has 0 aromatic carbocycles. The third-order valence-electron chi connectivity index (χ3n) is 5.23. The maximum atomic E-state index is 12.0. The molecule has 0 radical (unpaired) electrons. The normalized spacial score (nSPS) is 18.5. The number of carbonyl (C=O) groups excluding carboxylic acids is 2. The van der Waals surface area contributed by atoms with Crippen molar-refractivity contribution in [3.05, 3.63) is 46.9 Å². The Labute approximate surface area is 178 Å². The highest BCUT2D eigenvalue weighted by Crippen LogP contribution is 2.27. The average molecular weight is 418 g/mol. The lowest BCUT2D eigenvalue weighted by atomic mass is 10.1. The number of carbonyl (C=O) groups is 2. The summed E-state index contributed by atoms with van der Waals surface area (Å²) in [5, 5.41) is 13.4. The number of pyridine rings is 1. The van der Waals surface area contributed by atoms with Crippen molar-refractivity contribution < 1.29 is 9.59 Å². The molecule has 1 aliphatic carbocycles. The third kappa shape index (κ3) is 3.96. The Bertz CT molecular complexity index is 1230. The van der Waals surface area contributed by atoms with Gasteiger partial charge >= 0.3 is 0 Å². The van der Waals surface area contributed by atoms with Crippen LogP contribution in [0.15, 0.2) is 30.0 Å². The van der Waals surface area contributed by atoms with Crippen molar-refractivity contribution in [2.45, 2.75) is 45.2 Å². The largest absolute Gasteiger partial charge is 0.351 e. The molecule has 4 heterocycles. The van der Waals surface area contributed by atoms with Gasteiger partial charge in [-0.2, -0.15) is 19.6 Å². The maximum Gasteiger partial charge on any atom is 0.254 e. The molecular weight excluding hydrogens is 396 g/mol. The van der Waals surface area contributed by atoms with Crippen molar-refractivity contribution in [1.29, 1.82) is 0 Å². The highest BCUT2D eigenvalue weighted by molar-refractivity contribution is 6.15. The highest BCUT2D eigenvalue weighted by Gasteiger charge is 2.26. The summed E-state index contributed by atoms with van der Waals surface area (Å²) in [4.78, 5) is 37.3. The predicted molar refractivity (Wildman–Crippen MR) is 114 cm³/mol. The van der Waals surface area contributed by atoms with Crippen LogP contribution in [0.5, 0.6) is 0 Å². The second-order valence-electron chi connectivity index (χ2n) is 7.92. The van der Waals surface area contributed by atoms with Crippen molar-refractivity contribution in [3.8, 4) is 0 Å². The van der Waals surface area contributed by atoms with Gasteiger partial charge in [0.25, 0.3) is 5.91 Å². The van der Waals surface area contributed by atoms with Gasteiger partial charge in [-0.3, -0.25) is 19.9 Å². The molecule has 0 spiro atoms. The predicted octanol–water partition coefficient (Wildman–Crippen LogP) is 2.01. The van der Waals surface area contributed by atoms with Crippen LogP contribution in [0.4, 0.5) is 11.9 Å². The summed E-state index contributed by atoms with van der Waals surface area (Å²) >= 11 is 0. The molecule has 31 heavy (non-hydrogen) atoms. The van der Waals surface area contributed by atoms with Crippen molar-refractivity contribution in [2.75, 3.05) is 10.6 Å². The number of imide groups is 1. The summed E-state index contributed by atoms with van der Waals surface area (Å²) < 4.78 is 1.63. The van der Waals surface area contributed by atoms with Gasteiger partial charge in [0.05, 0.1) is 24.4 Å². The molecule has 1 saturated heterocycles. The van der Waals surface area contributed by atoms with Crippen molar-refractivity contribution in [3.63, 3.8) is 0 Å². The Morgan fingerprint density at radius 3 is 2.77 bits per heavy atom. The number of hydrogen-bond donors (Lipinski definition) is 3. The Balaban J connectivity index is 1.53. The molecule has 10 nitrogen and oxygen atoms in total. The van der Waals surface area contributed by atoms with E-state index in [9.17, 15) is 9.59 Å². The van der Waals surface area contributed by atoms with Gasteiger partial charge < -0.3 is 10.6 Å². The van der Waals surface area contributed by atoms with Crippen LogP contribution in [0.25, 0.3) is 11.7 Å². The van der Waals surface area contributed by atoms with E-state index in [0.717, 1.165) is 24.2 Å². The summed E-state index contributed by atoms with van der Waals surface area (Å²) in [5.74, 6) is 0.321. The molecular formula is C21H22N8O2. The average Bonchev–Trinajstić information content (AvgIpc) is 3.37. The van der Waals surface area contributed by atoms with Crippen LogP contribution in [0, 0.1) is 6.92 Å². The molecule has 2 fully saturated rings. The molecule has 10 heteroatoms. The molecule has 1 unspecified atom stereocenters. The molecule has 3 aromatic rings. The lowest BCUT2D eigenvalue weighted by Gasteiger charge is -2.15. The Hall–Kier alpha value is -3.82. The minimum Gasteiger partial charge on any atom is -0.351 e. The zero-order valence-electron chi connectivity index (χ0n) is 17.2. The molecule has 5 rings (SSSR count). The van der Waals surface area contributed by atoms with E-state index >= 15 is 0 Å². The minimum absolute atomic E-state index is 0.0512. The van der Waals surface area contributed by atoms with Crippen LogP contribution in [0.2, 0.25) is 0 Å². The molecule has 2 aliphatic rings. The fourth-order valence-electron chi connectivity index (χ4n) is 3.45. The fourth-order valence-corrected chi connectivity index (χ4v) is 3.45. The van der Waals surface area contributed by atoms with Crippen LogP contribution in [-0.4, -0.2) is 42.4 Å². The topological polar surface area (TPSA) is 126 Å². The van der Waals surface area contributed by atoms with Crippen LogP contribution in [-0.2, 0) is 9.59 Å². The molecule has 1 saturated carbocycles. The molecule has 3 N–H and O–H groups in total. The van der Waals surface area contributed by atoms with Crippen LogP contribution in [0.3, 0.4) is 0 Å². The lowest BCUT2D eigenvalue weighted by Crippen LogP contribution is -2.19. The third-order valence-corrected chi connectivity index (χ3v) is 5.23. The number of aromatic nitrogens is 5. The number of nitrogens with zero attached hydrogens (tertiary/aromatic N) is 5. The first-order valence-electron chi connectivity index (χ1n) is 10.2. The first-order valence-corrected chi connectivity index (χ1v) is 10.2. The summed E-state index contributed by atoms with van der Waals surface area (Å²) in [6.07, 6.45) is 5.50. The summed E-state index contributed by atoms with van der Waals surface area (Å²) in [7, 11) is 0. The Kier molecular flexibility index (Phi) is 4.61. The van der Waals surface area contributed by atoms with Gasteiger partial charge in [0.15, 0.2) is 5.65 Å². The first kappa shape index (κ1) is 19.2. The van der Waals surface area contributed by atoms with E-state index in [1.165, 1.54) is 0 Å². The van der Waals surface area contributed by atoms with Gasteiger partial charge in [-0.1, -0.05) is 6.07 Å². The summed E-state index contributed by atoms with van der Waals surface area (Å²) in [5.41, 5.74) is 3.40. The standard InChI is InChI=1S/C21H22N8O2/c1-11-4-3-5-16(23-11)12(2)24-20-27-18-14(8-13-9-17(30)26-19(13)31)10-22-29(18)21(28-20)25-15-6-7-15/h3-5,8,10,12,15H,6-7,9H2,1-2H3,(H,26,30,31)(H2,24,25,27,28)/b13-8+. The van der Waals surface area contributed by atoms with Gasteiger partial charge in [0.1, 0.15) is 0 Å². The Morgan fingerprint density at radius 2 is 2.06 bits per heavy atom. The smallest absolute Gasteiger partial charge is 0.254 e. The van der Waals surface area contributed by atoms with E-state index < -0.39 is 0 Å². The molecule has 3 aromatic heterocycles. The minimum atomic E-state index is -0.382. The number of amides is 2. The molecule has 2 amide bonds. The van der Waals surface area contributed by atoms with E-state index in [-0.39, 0.29) is 24.3 Å². The van der Waals surface area contributed by atoms with Gasteiger partial charge in [-0.05, 0) is 44.9 Å². The number of nitrogens with one attached hydrogen (secondary N) is 3.